The van der Waals surface area contributed by atoms with Crippen LogP contribution in [-0.2, 0) is 25.0 Å². The van der Waals surface area contributed by atoms with E-state index in [0.29, 0.717) is 6.07 Å². The standard InChI is InChI=1S/C13H10N2O7S2/c14-4-3-13(16)15-9-1-2-11-8(5-9)6-10(23(17,18)19)7-12(11)24(20,21)22/h1-2,5-7H,3H2,(H,15,16)(H,17,18,19)(H,20,21,22)/p-2. The fourth-order valence-electron chi connectivity index (χ4n) is 2.01. The summed E-state index contributed by atoms with van der Waals surface area (Å²) in [5.41, 5.74) is 0.137. The number of hydrogen-bond donors (Lipinski definition) is 1. The van der Waals surface area contributed by atoms with Crippen molar-refractivity contribution in [2.45, 2.75) is 16.2 Å². The van der Waals surface area contributed by atoms with Crippen LogP contribution in [0.3, 0.4) is 0 Å². The third-order valence-electron chi connectivity index (χ3n) is 2.97. The van der Waals surface area contributed by atoms with Gasteiger partial charge in [-0.05, 0) is 35.0 Å². The molecule has 0 saturated carbocycles. The Labute approximate surface area is 137 Å². The molecule has 2 rings (SSSR count). The predicted octanol–water partition coefficient (Wildman–Crippen LogP) is 0.500. The Morgan fingerprint density at radius 2 is 1.75 bits per heavy atom. The van der Waals surface area contributed by atoms with Crippen LogP contribution in [0.4, 0.5) is 5.69 Å². The van der Waals surface area contributed by atoms with Crippen LogP contribution in [0.5, 0.6) is 0 Å². The number of nitriles is 1. The smallest absolute Gasteiger partial charge is 0.238 e. The predicted molar refractivity (Wildman–Crippen MR) is 78.7 cm³/mol. The molecule has 0 aromatic heterocycles. The lowest BCUT2D eigenvalue weighted by Gasteiger charge is -2.15. The zero-order valence-corrected chi connectivity index (χ0v) is 13.3. The van der Waals surface area contributed by atoms with E-state index in [1.54, 1.807) is 6.07 Å². The fraction of sp³-hybridized carbons (Fsp3) is 0.0769. The highest BCUT2D eigenvalue weighted by atomic mass is 32.2. The molecule has 0 unspecified atom stereocenters. The van der Waals surface area contributed by atoms with Crippen LogP contribution in [0.25, 0.3) is 10.8 Å². The molecule has 0 saturated heterocycles. The molecule has 0 fully saturated rings. The van der Waals surface area contributed by atoms with E-state index in [-0.39, 0.29) is 16.5 Å². The van der Waals surface area contributed by atoms with E-state index in [0.717, 1.165) is 6.07 Å². The first-order valence-electron chi connectivity index (χ1n) is 6.19. The van der Waals surface area contributed by atoms with Crippen molar-refractivity contribution in [3.8, 4) is 6.07 Å². The van der Waals surface area contributed by atoms with E-state index in [1.165, 1.54) is 18.2 Å². The summed E-state index contributed by atoms with van der Waals surface area (Å²) in [5, 5.41) is 10.6. The van der Waals surface area contributed by atoms with Crippen molar-refractivity contribution in [2.75, 3.05) is 5.32 Å². The summed E-state index contributed by atoms with van der Waals surface area (Å²) in [6.07, 6.45) is -0.423. The van der Waals surface area contributed by atoms with Gasteiger partial charge in [-0.15, -0.1) is 0 Å². The summed E-state index contributed by atoms with van der Waals surface area (Å²) >= 11 is 0. The van der Waals surface area contributed by atoms with Gasteiger partial charge in [0.05, 0.1) is 15.9 Å². The van der Waals surface area contributed by atoms with Gasteiger partial charge in [-0.3, -0.25) is 4.79 Å². The number of carbonyl (C=O) groups excluding carboxylic acids is 1. The molecule has 0 aliphatic carbocycles. The van der Waals surface area contributed by atoms with Gasteiger partial charge in [0.15, 0.2) is 0 Å². The Morgan fingerprint density at radius 1 is 1.08 bits per heavy atom. The second kappa shape index (κ2) is 6.17. The first-order chi connectivity index (χ1) is 11.0. The number of hydrogen-bond acceptors (Lipinski definition) is 8. The van der Waals surface area contributed by atoms with Gasteiger partial charge >= 0.3 is 0 Å². The van der Waals surface area contributed by atoms with Gasteiger partial charge in [-0.25, -0.2) is 16.8 Å². The molecule has 126 valence electrons. The van der Waals surface area contributed by atoms with Gasteiger partial charge in [-0.2, -0.15) is 5.26 Å². The van der Waals surface area contributed by atoms with Gasteiger partial charge < -0.3 is 14.4 Å². The molecular weight excluding hydrogens is 360 g/mol. The van der Waals surface area contributed by atoms with Crippen molar-refractivity contribution in [1.29, 1.82) is 5.26 Å². The second-order valence-electron chi connectivity index (χ2n) is 4.65. The minimum atomic E-state index is -5.04. The van der Waals surface area contributed by atoms with Gasteiger partial charge in [0.1, 0.15) is 26.7 Å². The Bertz CT molecular complexity index is 1080. The third kappa shape index (κ3) is 3.87. The molecule has 1 N–H and O–H groups in total. The van der Waals surface area contributed by atoms with E-state index in [1.807, 2.05) is 0 Å². The first kappa shape index (κ1) is 17.8. The van der Waals surface area contributed by atoms with Crippen LogP contribution in [0.2, 0.25) is 0 Å². The van der Waals surface area contributed by atoms with Crippen LogP contribution in [-0.4, -0.2) is 31.8 Å². The fourth-order valence-corrected chi connectivity index (χ4v) is 3.35. The van der Waals surface area contributed by atoms with Crippen molar-refractivity contribution in [3.63, 3.8) is 0 Å². The quantitative estimate of drug-likeness (QED) is 0.761. The summed E-state index contributed by atoms with van der Waals surface area (Å²) in [4.78, 5) is 9.63. The van der Waals surface area contributed by atoms with Crippen molar-refractivity contribution >= 4 is 42.6 Å². The molecule has 0 aliphatic heterocycles. The maximum atomic E-state index is 11.4. The Balaban J connectivity index is 2.71. The molecule has 2 aromatic carbocycles. The zero-order valence-electron chi connectivity index (χ0n) is 11.7. The molecule has 11 heteroatoms. The van der Waals surface area contributed by atoms with Gasteiger partial charge in [-0.1, -0.05) is 6.07 Å². The van der Waals surface area contributed by atoms with Gasteiger partial charge in [0, 0.05) is 5.69 Å². The highest BCUT2D eigenvalue weighted by molar-refractivity contribution is 7.86. The Kier molecular flexibility index (Phi) is 4.59. The minimum Gasteiger partial charge on any atom is -0.744 e. The van der Waals surface area contributed by atoms with E-state index in [4.69, 9.17) is 5.26 Å². The van der Waals surface area contributed by atoms with Crippen molar-refractivity contribution in [2.24, 2.45) is 0 Å². The minimum absolute atomic E-state index is 0.0453. The molecule has 1 amide bonds. The number of anilines is 1. The topological polar surface area (TPSA) is 167 Å². The normalized spacial score (nSPS) is 11.9. The second-order valence-corrected chi connectivity index (χ2v) is 7.38. The lowest BCUT2D eigenvalue weighted by Crippen LogP contribution is -2.10. The maximum Gasteiger partial charge on any atom is 0.238 e. The van der Waals surface area contributed by atoms with E-state index >= 15 is 0 Å². The van der Waals surface area contributed by atoms with Crippen LogP contribution in [0, 0.1) is 11.3 Å². The summed E-state index contributed by atoms with van der Waals surface area (Å²) in [6.45, 7) is 0. The van der Waals surface area contributed by atoms with E-state index in [2.05, 4.69) is 5.32 Å². The third-order valence-corrected chi connectivity index (χ3v) is 4.66. The molecule has 0 aliphatic rings. The SMILES string of the molecule is N#CCC(=O)Nc1ccc2c(S(=O)(=O)[O-])cc(S(=O)(=O)[O-])cc2c1. The number of carbonyl (C=O) groups is 1. The molecular formula is C13H8N2O7S2-2. The molecule has 0 heterocycles. The molecule has 0 spiro atoms. The molecule has 0 atom stereocenters. The van der Waals surface area contributed by atoms with Gasteiger partial charge in [0.2, 0.25) is 5.91 Å². The largest absolute Gasteiger partial charge is 0.744 e. The van der Waals surface area contributed by atoms with Crippen LogP contribution in [0.15, 0.2) is 40.1 Å². The van der Waals surface area contributed by atoms with Crippen molar-refractivity contribution in [3.05, 3.63) is 30.3 Å². The van der Waals surface area contributed by atoms with Gasteiger partial charge in [0.25, 0.3) is 0 Å². The number of rotatable bonds is 4. The van der Waals surface area contributed by atoms with E-state index < -0.39 is 42.4 Å². The summed E-state index contributed by atoms with van der Waals surface area (Å²) in [5.74, 6) is -0.638. The van der Waals surface area contributed by atoms with Crippen molar-refractivity contribution in [1.82, 2.24) is 0 Å². The monoisotopic (exact) mass is 368 g/mol. The Hall–Kier alpha value is -2.52. The summed E-state index contributed by atoms with van der Waals surface area (Å²) in [6, 6.07) is 6.67. The molecule has 9 nitrogen and oxygen atoms in total. The highest BCUT2D eigenvalue weighted by Gasteiger charge is 2.14. The highest BCUT2D eigenvalue weighted by Crippen LogP contribution is 2.29. The van der Waals surface area contributed by atoms with Crippen LogP contribution in [0.1, 0.15) is 6.42 Å². The molecule has 0 bridgehead atoms. The molecule has 24 heavy (non-hydrogen) atoms. The number of amides is 1. The lowest BCUT2D eigenvalue weighted by molar-refractivity contribution is -0.115. The van der Waals surface area contributed by atoms with E-state index in [9.17, 15) is 30.7 Å². The average Bonchev–Trinajstić information content (AvgIpc) is 2.44. The molecule has 0 radical (unpaired) electrons. The molecule has 2 aromatic rings. The summed E-state index contributed by atoms with van der Waals surface area (Å²) in [7, 11) is -10.0. The van der Waals surface area contributed by atoms with Crippen LogP contribution >= 0.6 is 0 Å². The summed E-state index contributed by atoms with van der Waals surface area (Å²) < 4.78 is 67.4. The zero-order chi connectivity index (χ0) is 18.1. The number of nitrogens with one attached hydrogen (secondary N) is 1. The number of nitrogens with zero attached hydrogens (tertiary/aromatic N) is 1. The Morgan fingerprint density at radius 3 is 2.29 bits per heavy atom. The number of benzene rings is 2. The average molecular weight is 368 g/mol. The number of fused-ring (bicyclic) bond motifs is 1. The first-order valence-corrected chi connectivity index (χ1v) is 9.00. The lowest BCUT2D eigenvalue weighted by atomic mass is 10.1. The van der Waals surface area contributed by atoms with Crippen molar-refractivity contribution < 1.29 is 30.7 Å². The van der Waals surface area contributed by atoms with Crippen LogP contribution < -0.4 is 5.32 Å². The maximum absolute atomic E-state index is 11.4.